The molecular formula is C11H17N3OS2. The van der Waals surface area contributed by atoms with Crippen LogP contribution in [-0.4, -0.2) is 34.1 Å². The number of carbonyl (C=O) groups excluding carboxylic acids is 1. The number of carbonyl (C=O) groups is 1. The predicted molar refractivity (Wildman–Crippen MR) is 72.4 cm³/mol. The quantitative estimate of drug-likeness (QED) is 0.834. The van der Waals surface area contributed by atoms with Gasteiger partial charge >= 0.3 is 0 Å². The number of amides is 1. The van der Waals surface area contributed by atoms with Crippen LogP contribution in [0.5, 0.6) is 0 Å². The standard InChI is InChI=1S/C11H17N3OS2/c1-3-14(8-4-5-8)9(15)6-16-10-7(2)13-11(12)17-10/h8H,3-6H2,1-2H3,(H2,12,13). The third kappa shape index (κ3) is 3.13. The Bertz CT molecular complexity index is 415. The fraction of sp³-hybridized carbons (Fsp3) is 0.636. The molecule has 94 valence electrons. The van der Waals surface area contributed by atoms with Crippen LogP contribution in [0.15, 0.2) is 4.21 Å². The first-order valence-electron chi connectivity index (χ1n) is 5.77. The highest BCUT2D eigenvalue weighted by Gasteiger charge is 2.31. The van der Waals surface area contributed by atoms with E-state index in [9.17, 15) is 4.79 Å². The van der Waals surface area contributed by atoms with Gasteiger partial charge in [0.2, 0.25) is 5.91 Å². The number of anilines is 1. The molecule has 1 amide bonds. The number of thiazole rings is 1. The summed E-state index contributed by atoms with van der Waals surface area (Å²) in [6.07, 6.45) is 2.33. The van der Waals surface area contributed by atoms with E-state index in [1.54, 1.807) is 11.8 Å². The lowest BCUT2D eigenvalue weighted by atomic mass is 10.4. The van der Waals surface area contributed by atoms with E-state index in [0.717, 1.165) is 29.3 Å². The third-order valence-corrected chi connectivity index (χ3v) is 5.08. The van der Waals surface area contributed by atoms with Crippen LogP contribution in [0.1, 0.15) is 25.5 Å². The number of aromatic nitrogens is 1. The van der Waals surface area contributed by atoms with Crippen molar-refractivity contribution in [3.63, 3.8) is 0 Å². The molecular weight excluding hydrogens is 254 g/mol. The lowest BCUT2D eigenvalue weighted by molar-refractivity contribution is -0.128. The minimum atomic E-state index is 0.228. The zero-order valence-corrected chi connectivity index (χ0v) is 11.7. The van der Waals surface area contributed by atoms with Gasteiger partial charge < -0.3 is 10.6 Å². The molecule has 1 aliphatic rings. The Labute approximate surface area is 110 Å². The number of nitrogens with two attached hydrogens (primary N) is 1. The zero-order valence-electron chi connectivity index (χ0n) is 10.1. The number of hydrogen-bond donors (Lipinski definition) is 1. The Morgan fingerprint density at radius 3 is 2.82 bits per heavy atom. The first-order valence-corrected chi connectivity index (χ1v) is 7.57. The summed E-state index contributed by atoms with van der Waals surface area (Å²) < 4.78 is 1.06. The molecule has 1 aromatic rings. The van der Waals surface area contributed by atoms with Gasteiger partial charge in [0.1, 0.15) is 0 Å². The first-order chi connectivity index (χ1) is 8.11. The summed E-state index contributed by atoms with van der Waals surface area (Å²) in [7, 11) is 0. The third-order valence-electron chi connectivity index (χ3n) is 2.75. The van der Waals surface area contributed by atoms with Crippen molar-refractivity contribution in [2.75, 3.05) is 18.0 Å². The molecule has 0 aromatic carbocycles. The largest absolute Gasteiger partial charge is 0.375 e. The molecule has 1 heterocycles. The van der Waals surface area contributed by atoms with Gasteiger partial charge in [0, 0.05) is 12.6 Å². The van der Waals surface area contributed by atoms with E-state index in [1.807, 2.05) is 18.7 Å². The second-order valence-electron chi connectivity index (χ2n) is 4.12. The maximum Gasteiger partial charge on any atom is 0.233 e. The van der Waals surface area contributed by atoms with Gasteiger partial charge in [-0.1, -0.05) is 11.3 Å². The van der Waals surface area contributed by atoms with Crippen molar-refractivity contribution < 1.29 is 4.79 Å². The Kier molecular flexibility index (Phi) is 3.93. The molecule has 17 heavy (non-hydrogen) atoms. The average molecular weight is 271 g/mol. The molecule has 0 saturated heterocycles. The van der Waals surface area contributed by atoms with Gasteiger partial charge in [0.05, 0.1) is 15.7 Å². The molecule has 0 radical (unpaired) electrons. The summed E-state index contributed by atoms with van der Waals surface area (Å²) in [5.74, 6) is 0.721. The summed E-state index contributed by atoms with van der Waals surface area (Å²) in [5.41, 5.74) is 6.56. The molecule has 1 aliphatic carbocycles. The van der Waals surface area contributed by atoms with Crippen molar-refractivity contribution in [2.24, 2.45) is 0 Å². The summed E-state index contributed by atoms with van der Waals surface area (Å²) >= 11 is 3.01. The maximum absolute atomic E-state index is 12.0. The highest BCUT2D eigenvalue weighted by Crippen LogP contribution is 2.32. The molecule has 0 unspecified atom stereocenters. The van der Waals surface area contributed by atoms with Crippen LogP contribution >= 0.6 is 23.1 Å². The molecule has 0 spiro atoms. The highest BCUT2D eigenvalue weighted by molar-refractivity contribution is 8.01. The van der Waals surface area contributed by atoms with Crippen LogP contribution < -0.4 is 5.73 Å². The van der Waals surface area contributed by atoms with Gasteiger partial charge in [-0.3, -0.25) is 4.79 Å². The number of hydrogen-bond acceptors (Lipinski definition) is 5. The van der Waals surface area contributed by atoms with Crippen LogP contribution in [-0.2, 0) is 4.79 Å². The fourth-order valence-electron chi connectivity index (χ4n) is 1.77. The number of rotatable bonds is 5. The first kappa shape index (κ1) is 12.7. The number of thioether (sulfide) groups is 1. The number of nitrogen functional groups attached to an aromatic ring is 1. The van der Waals surface area contributed by atoms with Gasteiger partial charge in [-0.05, 0) is 26.7 Å². The van der Waals surface area contributed by atoms with Crippen molar-refractivity contribution in [3.05, 3.63) is 5.69 Å². The fourth-order valence-corrected chi connectivity index (χ4v) is 3.68. The second kappa shape index (κ2) is 5.27. The van der Waals surface area contributed by atoms with Gasteiger partial charge in [-0.15, -0.1) is 11.8 Å². The Morgan fingerprint density at radius 2 is 2.35 bits per heavy atom. The molecule has 2 N–H and O–H groups in total. The lowest BCUT2D eigenvalue weighted by Crippen LogP contribution is -2.34. The number of aryl methyl sites for hydroxylation is 1. The van der Waals surface area contributed by atoms with Crippen molar-refractivity contribution in [2.45, 2.75) is 36.9 Å². The van der Waals surface area contributed by atoms with Crippen molar-refractivity contribution in [3.8, 4) is 0 Å². The van der Waals surface area contributed by atoms with Crippen LogP contribution in [0.25, 0.3) is 0 Å². The molecule has 0 bridgehead atoms. The van der Waals surface area contributed by atoms with Gasteiger partial charge in [0.15, 0.2) is 5.13 Å². The minimum absolute atomic E-state index is 0.228. The molecule has 1 aromatic heterocycles. The molecule has 0 atom stereocenters. The van der Waals surface area contributed by atoms with E-state index in [4.69, 9.17) is 5.73 Å². The molecule has 2 rings (SSSR count). The Balaban J connectivity index is 1.88. The van der Waals surface area contributed by atoms with Gasteiger partial charge in [-0.25, -0.2) is 4.98 Å². The van der Waals surface area contributed by atoms with E-state index in [1.165, 1.54) is 11.3 Å². The molecule has 6 heteroatoms. The lowest BCUT2D eigenvalue weighted by Gasteiger charge is -2.19. The topological polar surface area (TPSA) is 59.2 Å². The average Bonchev–Trinajstić information content (AvgIpc) is 3.04. The molecule has 1 saturated carbocycles. The van der Waals surface area contributed by atoms with Crippen LogP contribution in [0.3, 0.4) is 0 Å². The van der Waals surface area contributed by atoms with E-state index < -0.39 is 0 Å². The molecule has 1 fully saturated rings. The maximum atomic E-state index is 12.0. The molecule has 4 nitrogen and oxygen atoms in total. The Morgan fingerprint density at radius 1 is 1.65 bits per heavy atom. The van der Waals surface area contributed by atoms with Crippen LogP contribution in [0.4, 0.5) is 5.13 Å². The minimum Gasteiger partial charge on any atom is -0.375 e. The molecule has 0 aliphatic heterocycles. The highest BCUT2D eigenvalue weighted by atomic mass is 32.2. The normalized spacial score (nSPS) is 14.9. The van der Waals surface area contributed by atoms with Crippen molar-refractivity contribution >= 4 is 34.1 Å². The predicted octanol–water partition coefficient (Wildman–Crippen LogP) is 2.14. The summed E-state index contributed by atoms with van der Waals surface area (Å²) in [4.78, 5) is 18.1. The van der Waals surface area contributed by atoms with Crippen molar-refractivity contribution in [1.29, 1.82) is 0 Å². The smallest absolute Gasteiger partial charge is 0.233 e. The Hall–Kier alpha value is -0.750. The van der Waals surface area contributed by atoms with Gasteiger partial charge in [-0.2, -0.15) is 0 Å². The van der Waals surface area contributed by atoms with Crippen molar-refractivity contribution in [1.82, 2.24) is 9.88 Å². The zero-order chi connectivity index (χ0) is 12.4. The van der Waals surface area contributed by atoms with Gasteiger partial charge in [0.25, 0.3) is 0 Å². The van der Waals surface area contributed by atoms with E-state index in [0.29, 0.717) is 16.9 Å². The van der Waals surface area contributed by atoms with E-state index in [-0.39, 0.29) is 5.91 Å². The van der Waals surface area contributed by atoms with E-state index in [2.05, 4.69) is 4.98 Å². The van der Waals surface area contributed by atoms with Crippen LogP contribution in [0, 0.1) is 6.92 Å². The second-order valence-corrected chi connectivity index (χ2v) is 6.40. The number of nitrogens with zero attached hydrogens (tertiary/aromatic N) is 2. The summed E-state index contributed by atoms with van der Waals surface area (Å²) in [6.45, 7) is 4.78. The van der Waals surface area contributed by atoms with E-state index >= 15 is 0 Å². The summed E-state index contributed by atoms with van der Waals surface area (Å²) in [6, 6.07) is 0.501. The monoisotopic (exact) mass is 271 g/mol. The SMILES string of the molecule is CCN(C(=O)CSc1sc(N)nc1C)C1CC1. The summed E-state index contributed by atoms with van der Waals surface area (Å²) in [5, 5.41) is 0.576. The van der Waals surface area contributed by atoms with Crippen LogP contribution in [0.2, 0.25) is 0 Å².